The summed E-state index contributed by atoms with van der Waals surface area (Å²) in [6.07, 6.45) is 1.25. The molecule has 130 valence electrons. The summed E-state index contributed by atoms with van der Waals surface area (Å²) in [5, 5.41) is 17.9. The van der Waals surface area contributed by atoms with Crippen LogP contribution < -0.4 is 5.32 Å². The van der Waals surface area contributed by atoms with Gasteiger partial charge < -0.3 is 15.2 Å². The monoisotopic (exact) mass is 403 g/mol. The Morgan fingerprint density at radius 3 is 2.84 bits per heavy atom. The second-order valence-electron chi connectivity index (χ2n) is 5.72. The van der Waals surface area contributed by atoms with Crippen molar-refractivity contribution in [3.8, 4) is 5.75 Å². The van der Waals surface area contributed by atoms with E-state index in [9.17, 15) is 9.90 Å². The molecule has 1 amide bonds. The molecule has 1 aromatic heterocycles. The topological polar surface area (TPSA) is 76.4 Å². The number of aromatic nitrogens is 2. The van der Waals surface area contributed by atoms with E-state index in [0.29, 0.717) is 11.0 Å². The number of phenolic OH excluding ortho intramolecular Hbond substituents is 1. The van der Waals surface area contributed by atoms with E-state index in [1.807, 2.05) is 37.3 Å². The Balaban J connectivity index is 1.60. The van der Waals surface area contributed by atoms with Crippen LogP contribution in [0.15, 0.2) is 53.1 Å². The van der Waals surface area contributed by atoms with Crippen molar-refractivity contribution in [2.75, 3.05) is 6.54 Å². The zero-order valence-corrected chi connectivity index (χ0v) is 15.2. The summed E-state index contributed by atoms with van der Waals surface area (Å²) in [6.45, 7) is 2.51. The van der Waals surface area contributed by atoms with Gasteiger partial charge >= 0.3 is 6.09 Å². The quantitative estimate of drug-likeness (QED) is 0.674. The summed E-state index contributed by atoms with van der Waals surface area (Å²) >= 11 is 3.39. The van der Waals surface area contributed by atoms with E-state index < -0.39 is 6.09 Å². The van der Waals surface area contributed by atoms with Gasteiger partial charge in [-0.05, 0) is 40.5 Å². The van der Waals surface area contributed by atoms with Gasteiger partial charge in [-0.3, -0.25) is 4.68 Å². The first kappa shape index (κ1) is 17.3. The molecule has 0 radical (unpaired) electrons. The lowest BCUT2D eigenvalue weighted by Crippen LogP contribution is -2.30. The zero-order valence-electron chi connectivity index (χ0n) is 13.6. The van der Waals surface area contributed by atoms with Crippen LogP contribution in [0, 0.1) is 0 Å². The predicted molar refractivity (Wildman–Crippen MR) is 98.4 cm³/mol. The molecule has 0 bridgehead atoms. The van der Waals surface area contributed by atoms with Crippen molar-refractivity contribution in [3.63, 3.8) is 0 Å². The third-order valence-electron chi connectivity index (χ3n) is 3.85. The average Bonchev–Trinajstić information content (AvgIpc) is 3.07. The number of phenols is 1. The second kappa shape index (κ2) is 7.57. The van der Waals surface area contributed by atoms with Crippen molar-refractivity contribution >= 4 is 32.9 Å². The number of nitrogens with one attached hydrogen (secondary N) is 1. The van der Waals surface area contributed by atoms with Crippen LogP contribution in [-0.4, -0.2) is 27.5 Å². The largest absolute Gasteiger partial charge is 0.507 e. The second-order valence-corrected chi connectivity index (χ2v) is 6.51. The maximum Gasteiger partial charge on any atom is 0.407 e. The Kier molecular flexibility index (Phi) is 5.23. The van der Waals surface area contributed by atoms with Crippen LogP contribution in [0.25, 0.3) is 10.9 Å². The molecule has 1 atom stereocenters. The number of fused-ring (bicyclic) bond motifs is 1. The number of carbonyl (C=O) groups excluding carboxylic acids is 1. The number of amides is 1. The Hall–Kier alpha value is -2.54. The highest BCUT2D eigenvalue weighted by atomic mass is 79.9. The van der Waals surface area contributed by atoms with Crippen LogP contribution in [0.5, 0.6) is 5.75 Å². The van der Waals surface area contributed by atoms with E-state index in [4.69, 9.17) is 4.74 Å². The lowest BCUT2D eigenvalue weighted by Gasteiger charge is -2.15. The number of nitrogens with zero attached hydrogens (tertiary/aromatic N) is 2. The first-order valence-electron chi connectivity index (χ1n) is 7.85. The maximum atomic E-state index is 11.9. The fraction of sp³-hybridized carbons (Fsp3) is 0.222. The Morgan fingerprint density at radius 1 is 1.32 bits per heavy atom. The minimum Gasteiger partial charge on any atom is -0.507 e. The summed E-state index contributed by atoms with van der Waals surface area (Å²) in [7, 11) is 0. The van der Waals surface area contributed by atoms with Gasteiger partial charge in [0.25, 0.3) is 0 Å². The molecule has 0 unspecified atom stereocenters. The highest BCUT2D eigenvalue weighted by Gasteiger charge is 2.15. The Bertz CT molecular complexity index is 880. The number of hydrogen-bond donors (Lipinski definition) is 2. The SMILES string of the molecule is C[C@@H](CNC(=O)OCc1ccccc1)n1ncc2ccc(O)c(Br)c21. The standard InChI is InChI=1S/C18H18BrN3O3/c1-12(9-20-18(24)25-11-13-5-3-2-4-6-13)22-17-14(10-21-22)7-8-15(23)16(17)19/h2-8,10,12,23H,9,11H2,1H3,(H,20,24)/t12-/m0/s1. The predicted octanol–water partition coefficient (Wildman–Crippen LogP) is 3.99. The summed E-state index contributed by atoms with van der Waals surface area (Å²) < 4.78 is 7.54. The number of halogens is 1. The van der Waals surface area contributed by atoms with E-state index in [1.54, 1.807) is 23.0 Å². The lowest BCUT2D eigenvalue weighted by molar-refractivity contribution is 0.138. The zero-order chi connectivity index (χ0) is 17.8. The summed E-state index contributed by atoms with van der Waals surface area (Å²) in [5.41, 5.74) is 1.72. The van der Waals surface area contributed by atoms with Crippen LogP contribution in [0.3, 0.4) is 0 Å². The van der Waals surface area contributed by atoms with Crippen LogP contribution >= 0.6 is 15.9 Å². The molecular formula is C18H18BrN3O3. The van der Waals surface area contributed by atoms with Gasteiger partial charge in [-0.2, -0.15) is 5.10 Å². The number of hydrogen-bond acceptors (Lipinski definition) is 4. The molecule has 0 spiro atoms. The van der Waals surface area contributed by atoms with Crippen molar-refractivity contribution in [1.29, 1.82) is 0 Å². The molecule has 0 aliphatic carbocycles. The van der Waals surface area contributed by atoms with E-state index >= 15 is 0 Å². The van der Waals surface area contributed by atoms with Gasteiger partial charge in [0.1, 0.15) is 12.4 Å². The smallest absolute Gasteiger partial charge is 0.407 e. The molecule has 0 saturated carbocycles. The molecule has 0 aliphatic heterocycles. The molecule has 2 N–H and O–H groups in total. The maximum absolute atomic E-state index is 11.9. The van der Waals surface area contributed by atoms with Crippen LogP contribution in [0.2, 0.25) is 0 Å². The fourth-order valence-corrected chi connectivity index (χ4v) is 3.06. The third kappa shape index (κ3) is 3.93. The van der Waals surface area contributed by atoms with Crippen molar-refractivity contribution in [2.45, 2.75) is 19.6 Å². The lowest BCUT2D eigenvalue weighted by atomic mass is 10.2. The van der Waals surface area contributed by atoms with Crippen molar-refractivity contribution in [1.82, 2.24) is 15.1 Å². The number of alkyl carbamates (subject to hydrolysis) is 1. The van der Waals surface area contributed by atoms with Crippen molar-refractivity contribution in [2.24, 2.45) is 0 Å². The molecule has 1 heterocycles. The molecule has 2 aromatic carbocycles. The molecule has 6 nitrogen and oxygen atoms in total. The van der Waals surface area contributed by atoms with Crippen LogP contribution in [-0.2, 0) is 11.3 Å². The van der Waals surface area contributed by atoms with E-state index in [1.165, 1.54) is 0 Å². The average molecular weight is 404 g/mol. The summed E-state index contributed by atoms with van der Waals surface area (Å²) in [6, 6.07) is 12.8. The van der Waals surface area contributed by atoms with E-state index in [-0.39, 0.29) is 18.4 Å². The highest BCUT2D eigenvalue weighted by Crippen LogP contribution is 2.33. The van der Waals surface area contributed by atoms with Crippen LogP contribution in [0.4, 0.5) is 4.79 Å². The van der Waals surface area contributed by atoms with Gasteiger partial charge in [0.15, 0.2) is 0 Å². The number of ether oxygens (including phenoxy) is 1. The molecule has 3 aromatic rings. The number of rotatable bonds is 5. The normalized spacial score (nSPS) is 12.1. The van der Waals surface area contributed by atoms with Crippen LogP contribution in [0.1, 0.15) is 18.5 Å². The fourth-order valence-electron chi connectivity index (χ4n) is 2.51. The van der Waals surface area contributed by atoms with Gasteiger partial charge in [0.05, 0.1) is 22.2 Å². The molecule has 0 fully saturated rings. The van der Waals surface area contributed by atoms with Crippen molar-refractivity contribution < 1.29 is 14.6 Å². The minimum atomic E-state index is -0.478. The molecule has 25 heavy (non-hydrogen) atoms. The first-order chi connectivity index (χ1) is 12.1. The first-order valence-corrected chi connectivity index (χ1v) is 8.65. The van der Waals surface area contributed by atoms with E-state index in [2.05, 4.69) is 26.3 Å². The van der Waals surface area contributed by atoms with Gasteiger partial charge in [0, 0.05) is 11.9 Å². The van der Waals surface area contributed by atoms with Gasteiger partial charge in [-0.25, -0.2) is 4.79 Å². The Morgan fingerprint density at radius 2 is 2.08 bits per heavy atom. The molecular weight excluding hydrogens is 386 g/mol. The molecule has 7 heteroatoms. The summed E-state index contributed by atoms with van der Waals surface area (Å²) in [5.74, 6) is 0.150. The minimum absolute atomic E-state index is 0.111. The number of aromatic hydroxyl groups is 1. The highest BCUT2D eigenvalue weighted by molar-refractivity contribution is 9.10. The van der Waals surface area contributed by atoms with Crippen molar-refractivity contribution in [3.05, 3.63) is 58.7 Å². The van der Waals surface area contributed by atoms with Gasteiger partial charge in [-0.15, -0.1) is 0 Å². The van der Waals surface area contributed by atoms with Gasteiger partial charge in [-0.1, -0.05) is 30.3 Å². The Labute approximate surface area is 153 Å². The molecule has 0 saturated heterocycles. The number of carbonyl (C=O) groups is 1. The molecule has 3 rings (SSSR count). The molecule has 0 aliphatic rings. The van der Waals surface area contributed by atoms with Gasteiger partial charge in [0.2, 0.25) is 0 Å². The third-order valence-corrected chi connectivity index (χ3v) is 4.63. The number of benzene rings is 2. The summed E-state index contributed by atoms with van der Waals surface area (Å²) in [4.78, 5) is 11.9. The van der Waals surface area contributed by atoms with E-state index in [0.717, 1.165) is 16.5 Å².